The summed E-state index contributed by atoms with van der Waals surface area (Å²) < 4.78 is 20.4. The Balaban J connectivity index is 0.000000386. The molecule has 2 heterocycles. The summed E-state index contributed by atoms with van der Waals surface area (Å²) in [4.78, 5) is 4.59. The van der Waals surface area contributed by atoms with E-state index in [-0.39, 0.29) is 0 Å². The minimum atomic E-state index is 0.669. The van der Waals surface area contributed by atoms with Gasteiger partial charge in [0.1, 0.15) is 17.1 Å². The first kappa shape index (κ1) is 40.0. The van der Waals surface area contributed by atoms with Crippen LogP contribution in [0.5, 0.6) is 0 Å². The number of aryl methyl sites for hydroxylation is 2. The first-order chi connectivity index (χ1) is 23.9. The Bertz CT molecular complexity index is 1510. The molecular formula is C42H61N3O3S. The second kappa shape index (κ2) is 23.1. The van der Waals surface area contributed by atoms with Gasteiger partial charge in [-0.2, -0.15) is 0 Å². The molecule has 2 N–H and O–H groups in total. The van der Waals surface area contributed by atoms with Crippen molar-refractivity contribution in [1.82, 2.24) is 5.32 Å². The third-order valence-corrected chi connectivity index (χ3v) is 9.19. The lowest BCUT2D eigenvalue weighted by molar-refractivity contribution is 0.131. The minimum Gasteiger partial charge on any atom is -0.467 e. The molecule has 0 saturated heterocycles. The Kier molecular flexibility index (Phi) is 18.8. The molecular weight excluding hydrogens is 627 g/mol. The van der Waals surface area contributed by atoms with Crippen molar-refractivity contribution in [1.29, 1.82) is 0 Å². The predicted molar refractivity (Wildman–Crippen MR) is 213 cm³/mol. The number of hydrogen-bond acceptors (Lipinski definition) is 7. The zero-order valence-corrected chi connectivity index (χ0v) is 32.0. The largest absolute Gasteiger partial charge is 0.467 e. The number of aliphatic imine (C=N–C) groups is 1. The predicted octanol–water partition coefficient (Wildman–Crippen LogP) is 12.9. The minimum absolute atomic E-state index is 0.669. The quantitative estimate of drug-likeness (QED) is 0.0513. The van der Waals surface area contributed by atoms with Gasteiger partial charge >= 0.3 is 0 Å². The van der Waals surface area contributed by atoms with Crippen LogP contribution in [-0.4, -0.2) is 18.3 Å². The van der Waals surface area contributed by atoms with Gasteiger partial charge in [0.25, 0.3) is 0 Å². The molecule has 0 spiro atoms. The van der Waals surface area contributed by atoms with E-state index in [9.17, 15) is 0 Å². The van der Waals surface area contributed by atoms with Gasteiger partial charge in [0.05, 0.1) is 23.5 Å². The number of ether oxygens (including phenoxy) is 1. The molecule has 268 valence electrons. The van der Waals surface area contributed by atoms with E-state index in [1.54, 1.807) is 18.2 Å². The van der Waals surface area contributed by atoms with E-state index in [4.69, 9.17) is 13.6 Å². The number of hydrogen-bond donors (Lipinski definition) is 2. The zero-order chi connectivity index (χ0) is 35.3. The third-order valence-electron chi connectivity index (χ3n) is 8.36. The van der Waals surface area contributed by atoms with Gasteiger partial charge in [0.2, 0.25) is 0 Å². The molecule has 2 fully saturated rings. The summed E-state index contributed by atoms with van der Waals surface area (Å²) in [7, 11) is 0. The number of rotatable bonds is 16. The van der Waals surface area contributed by atoms with Crippen LogP contribution in [0.4, 0.5) is 5.69 Å². The second-order valence-electron chi connectivity index (χ2n) is 12.9. The van der Waals surface area contributed by atoms with Crippen LogP contribution in [0, 0.1) is 19.8 Å². The number of benzene rings is 1. The Morgan fingerprint density at radius 3 is 2.47 bits per heavy atom. The third kappa shape index (κ3) is 14.9. The highest BCUT2D eigenvalue weighted by Gasteiger charge is 2.18. The van der Waals surface area contributed by atoms with Crippen molar-refractivity contribution in [2.75, 3.05) is 17.9 Å². The summed E-state index contributed by atoms with van der Waals surface area (Å²) in [5.41, 5.74) is 6.79. The monoisotopic (exact) mass is 687 g/mol. The van der Waals surface area contributed by atoms with Crippen LogP contribution < -0.4 is 10.0 Å². The summed E-state index contributed by atoms with van der Waals surface area (Å²) in [5.74, 6) is 2.90. The smallest absolute Gasteiger partial charge is 0.137 e. The van der Waals surface area contributed by atoms with Crippen molar-refractivity contribution >= 4 is 39.7 Å². The number of fused-ring (bicyclic) bond motifs is 1. The molecule has 0 atom stereocenters. The van der Waals surface area contributed by atoms with E-state index in [1.807, 2.05) is 51.3 Å². The Morgan fingerprint density at radius 1 is 1.06 bits per heavy atom. The van der Waals surface area contributed by atoms with Gasteiger partial charge < -0.3 is 23.6 Å². The SMILES string of the molecule is C/C=C\N=C(C/C=C/C)SNc1cc2cc(C)oc2c(C)c1/C=C/C(NCc1ccco1)=C1CC1.CC1CCC1.CCCCCOCCC. The fraction of sp³-hybridized carbons (Fsp3) is 0.500. The van der Waals surface area contributed by atoms with E-state index in [1.165, 1.54) is 49.8 Å². The second-order valence-corrected chi connectivity index (χ2v) is 13.7. The van der Waals surface area contributed by atoms with Crippen molar-refractivity contribution in [3.05, 3.63) is 95.0 Å². The maximum Gasteiger partial charge on any atom is 0.137 e. The normalized spacial score (nSPS) is 14.6. The lowest BCUT2D eigenvalue weighted by atomic mass is 9.88. The molecule has 49 heavy (non-hydrogen) atoms. The number of nitrogens with one attached hydrogen (secondary N) is 2. The van der Waals surface area contributed by atoms with E-state index in [0.717, 1.165) is 89.2 Å². The van der Waals surface area contributed by atoms with Crippen LogP contribution in [0.3, 0.4) is 0 Å². The molecule has 2 aromatic heterocycles. The molecule has 0 radical (unpaired) electrons. The molecule has 1 aromatic carbocycles. The van der Waals surface area contributed by atoms with Crippen LogP contribution in [-0.2, 0) is 11.3 Å². The van der Waals surface area contributed by atoms with E-state index >= 15 is 0 Å². The maximum absolute atomic E-state index is 6.04. The van der Waals surface area contributed by atoms with Crippen LogP contribution in [0.15, 0.2) is 86.1 Å². The van der Waals surface area contributed by atoms with Gasteiger partial charge in [-0.25, -0.2) is 0 Å². The number of nitrogens with zero attached hydrogens (tertiary/aromatic N) is 1. The van der Waals surface area contributed by atoms with Gasteiger partial charge in [-0.3, -0.25) is 4.99 Å². The van der Waals surface area contributed by atoms with E-state index in [0.29, 0.717) is 6.54 Å². The summed E-state index contributed by atoms with van der Waals surface area (Å²) >= 11 is 1.55. The Hall–Kier alpha value is -3.42. The molecule has 6 nitrogen and oxygen atoms in total. The Labute approximate surface area is 300 Å². The summed E-state index contributed by atoms with van der Waals surface area (Å²) in [6.07, 6.45) is 26.5. The average Bonchev–Trinajstić information content (AvgIpc) is 3.66. The van der Waals surface area contributed by atoms with Crippen LogP contribution in [0.1, 0.15) is 121 Å². The summed E-state index contributed by atoms with van der Waals surface area (Å²) in [5, 5.41) is 5.64. The molecule has 5 rings (SSSR count). The Morgan fingerprint density at radius 2 is 1.86 bits per heavy atom. The lowest BCUT2D eigenvalue weighted by Crippen LogP contribution is -2.10. The maximum atomic E-state index is 6.04. The molecule has 3 aromatic rings. The van der Waals surface area contributed by atoms with Crippen LogP contribution in [0.2, 0.25) is 0 Å². The highest BCUT2D eigenvalue weighted by atomic mass is 32.2. The fourth-order valence-corrected chi connectivity index (χ4v) is 5.80. The van der Waals surface area contributed by atoms with Gasteiger partial charge in [-0.15, -0.1) is 0 Å². The number of allylic oxidation sites excluding steroid dienone is 5. The molecule has 2 aliphatic rings. The standard InChI is InChI=1S/C29H33N3O2S.C8H18O.C5H10/c1-5-7-10-28(30-15-6-2)35-32-27-18-23-17-20(3)34-29(23)21(4)25(27)13-14-26(22-11-12-22)31-19-24-9-8-16-33-24;1-3-5-6-8-9-7-4-2;1-5-3-2-4-5/h5-9,13-18,31-32H,10-12,19H2,1-4H3;3-8H2,1-2H3;5H,2-4H2,1H3/b7-5+,14-13+,15-6-,30-28?;;. The van der Waals surface area contributed by atoms with Gasteiger partial charge in [0, 0.05) is 60.0 Å². The molecule has 0 unspecified atom stereocenters. The van der Waals surface area contributed by atoms with Crippen molar-refractivity contribution < 1.29 is 13.6 Å². The first-order valence-corrected chi connectivity index (χ1v) is 19.2. The van der Waals surface area contributed by atoms with Crippen molar-refractivity contribution in [3.63, 3.8) is 0 Å². The molecule has 0 aliphatic heterocycles. The van der Waals surface area contributed by atoms with Crippen LogP contribution in [0.25, 0.3) is 17.0 Å². The topological polar surface area (TPSA) is 71.9 Å². The van der Waals surface area contributed by atoms with Gasteiger partial charge in [-0.05, 0) is 95.2 Å². The molecule has 2 aliphatic carbocycles. The molecule has 2 saturated carbocycles. The zero-order valence-electron chi connectivity index (χ0n) is 31.2. The first-order valence-electron chi connectivity index (χ1n) is 18.4. The molecule has 0 amide bonds. The summed E-state index contributed by atoms with van der Waals surface area (Å²) in [6, 6.07) is 8.15. The van der Waals surface area contributed by atoms with Crippen LogP contribution >= 0.6 is 11.9 Å². The molecule has 0 bridgehead atoms. The molecule has 7 heteroatoms. The number of unbranched alkanes of at least 4 members (excludes halogenated alkanes) is 2. The lowest BCUT2D eigenvalue weighted by Gasteiger charge is -2.18. The average molecular weight is 688 g/mol. The summed E-state index contributed by atoms with van der Waals surface area (Å²) in [6.45, 7) is 17.3. The van der Waals surface area contributed by atoms with Crippen molar-refractivity contribution in [3.8, 4) is 0 Å². The highest BCUT2D eigenvalue weighted by Crippen LogP contribution is 2.35. The van der Waals surface area contributed by atoms with E-state index < -0.39 is 0 Å². The highest BCUT2D eigenvalue weighted by molar-refractivity contribution is 8.15. The van der Waals surface area contributed by atoms with E-state index in [2.05, 4.69) is 73.1 Å². The fourth-order valence-electron chi connectivity index (χ4n) is 5.11. The van der Waals surface area contributed by atoms with Crippen molar-refractivity contribution in [2.24, 2.45) is 10.9 Å². The van der Waals surface area contributed by atoms with Gasteiger partial charge in [-0.1, -0.05) is 77.2 Å². The number of furan rings is 2. The number of anilines is 1. The van der Waals surface area contributed by atoms with Crippen molar-refractivity contribution in [2.45, 2.75) is 119 Å². The van der Waals surface area contributed by atoms with Gasteiger partial charge in [0.15, 0.2) is 0 Å².